The first-order valence-corrected chi connectivity index (χ1v) is 33.0. The van der Waals surface area contributed by atoms with Crippen molar-refractivity contribution in [3.63, 3.8) is 0 Å². The van der Waals surface area contributed by atoms with Gasteiger partial charge in [0, 0.05) is 52.4 Å². The van der Waals surface area contributed by atoms with Crippen LogP contribution in [0.4, 0.5) is 0 Å². The fraction of sp³-hybridized carbons (Fsp3) is 0.877. The van der Waals surface area contributed by atoms with Crippen molar-refractivity contribution in [3.05, 3.63) is 0 Å². The lowest BCUT2D eigenvalue weighted by Crippen LogP contribution is -2.40. The van der Waals surface area contributed by atoms with Gasteiger partial charge in [0.2, 0.25) is 0 Å². The Morgan fingerprint density at radius 3 is 0.667 bits per heavy atom. The molecule has 0 saturated heterocycles. The number of likely N-dealkylation sites (N-methyl/N-ethyl adjacent to an activating group) is 1. The molecule has 0 N–H and O–H groups in total. The Hall–Kier alpha value is -4.36. The molecule has 0 fully saturated rings. The van der Waals surface area contributed by atoms with Crippen LogP contribution >= 0.6 is 0 Å². The summed E-state index contributed by atoms with van der Waals surface area (Å²) in [4.78, 5) is 108. The summed E-state index contributed by atoms with van der Waals surface area (Å²) in [6.45, 7) is 21.9. The van der Waals surface area contributed by atoms with Crippen LogP contribution in [-0.2, 0) is 76.3 Å². The van der Waals surface area contributed by atoms with Gasteiger partial charge in [-0.25, -0.2) is 0 Å². The molecule has 0 aromatic heterocycles. The van der Waals surface area contributed by atoms with Gasteiger partial charge in [-0.1, -0.05) is 107 Å². The summed E-state index contributed by atoms with van der Waals surface area (Å²) < 4.78 is 44.1. The number of ether oxygens (including phenoxy) is 8. The Balaban J connectivity index is 5.57. The van der Waals surface area contributed by atoms with Gasteiger partial charge in [0.15, 0.2) is 0 Å². The lowest BCUT2D eigenvalue weighted by atomic mass is 10.00. The van der Waals surface area contributed by atoms with Crippen LogP contribution in [0.1, 0.15) is 235 Å². The third kappa shape index (κ3) is 44.1. The molecule has 0 aliphatic rings. The van der Waals surface area contributed by atoms with Crippen molar-refractivity contribution in [1.29, 1.82) is 0 Å². The standard InChI is InChI=1S/C65H119N3O16/c1-10-18-30-54(14-5)62(73)81-50-26-22-46-77-58(69)34-38-67(39-35-59(70)78-47-23-27-51-82-63(74)55(15-6)31-19-11-2)44-42-66(9)43-45-68(40-36-60(71)79-48-24-28-52-83-64(75)56(16-7)32-20-12-3)41-37-61(72)80-49-25-29-53-84-65(76)57(17-8)33-21-13-4/h54-57H,10-53H2,1-9H3. The van der Waals surface area contributed by atoms with Gasteiger partial charge < -0.3 is 52.6 Å². The molecule has 19 nitrogen and oxygen atoms in total. The van der Waals surface area contributed by atoms with Gasteiger partial charge in [0.1, 0.15) is 0 Å². The van der Waals surface area contributed by atoms with Gasteiger partial charge in [-0.2, -0.15) is 0 Å². The largest absolute Gasteiger partial charge is 0.466 e. The Morgan fingerprint density at radius 1 is 0.274 bits per heavy atom. The molecule has 0 aromatic carbocycles. The van der Waals surface area contributed by atoms with Crippen LogP contribution in [0.5, 0.6) is 0 Å². The second-order valence-corrected chi connectivity index (χ2v) is 22.4. The van der Waals surface area contributed by atoms with E-state index in [9.17, 15) is 38.4 Å². The van der Waals surface area contributed by atoms with E-state index in [0.29, 0.717) is 104 Å². The average molecular weight is 1200 g/mol. The number of carbonyl (C=O) groups excluding carboxylic acids is 8. The summed E-state index contributed by atoms with van der Waals surface area (Å²) in [5.74, 6) is -2.49. The van der Waals surface area contributed by atoms with E-state index in [0.717, 1.165) is 103 Å². The summed E-state index contributed by atoms with van der Waals surface area (Å²) in [6, 6.07) is 0. The zero-order valence-corrected chi connectivity index (χ0v) is 54.3. The third-order valence-corrected chi connectivity index (χ3v) is 15.2. The molecule has 19 heteroatoms. The van der Waals surface area contributed by atoms with Crippen molar-refractivity contribution in [2.45, 2.75) is 235 Å². The van der Waals surface area contributed by atoms with E-state index in [1.807, 2.05) is 44.5 Å². The number of nitrogens with zero attached hydrogens (tertiary/aromatic N) is 3. The molecule has 0 spiro atoms. The highest BCUT2D eigenvalue weighted by Gasteiger charge is 2.22. The Kier molecular flexibility index (Phi) is 52.4. The zero-order chi connectivity index (χ0) is 62.4. The highest BCUT2D eigenvalue weighted by molar-refractivity contribution is 5.74. The summed E-state index contributed by atoms with van der Waals surface area (Å²) in [6.07, 6.45) is 19.3. The topological polar surface area (TPSA) is 220 Å². The number of hydrogen-bond acceptors (Lipinski definition) is 19. The SMILES string of the molecule is CCCCC(CC)C(=O)OCCCCOC(=O)CCN(CCC(=O)OCCCCOC(=O)C(CC)CCCC)CCN(C)CCN(CCC(=O)OCCCCOC(=O)C(CC)CCCC)CCC(=O)OCCCCOC(=O)C(CC)CCCC. The molecule has 0 saturated carbocycles. The summed E-state index contributed by atoms with van der Waals surface area (Å²) in [7, 11) is 1.97. The van der Waals surface area contributed by atoms with Crippen LogP contribution in [0, 0.1) is 23.7 Å². The van der Waals surface area contributed by atoms with E-state index in [2.05, 4.69) is 32.6 Å². The Bertz CT molecular complexity index is 1490. The molecular formula is C65H119N3O16. The molecule has 4 unspecified atom stereocenters. The van der Waals surface area contributed by atoms with Gasteiger partial charge in [0.25, 0.3) is 0 Å². The van der Waals surface area contributed by atoms with Crippen molar-refractivity contribution in [3.8, 4) is 0 Å². The second kappa shape index (κ2) is 55.2. The molecule has 0 aliphatic carbocycles. The lowest BCUT2D eigenvalue weighted by molar-refractivity contribution is -0.150. The maximum absolute atomic E-state index is 12.9. The fourth-order valence-corrected chi connectivity index (χ4v) is 9.17. The highest BCUT2D eigenvalue weighted by Crippen LogP contribution is 2.18. The fourth-order valence-electron chi connectivity index (χ4n) is 9.17. The van der Waals surface area contributed by atoms with E-state index in [-0.39, 0.29) is 150 Å². The maximum Gasteiger partial charge on any atom is 0.308 e. The molecule has 0 radical (unpaired) electrons. The van der Waals surface area contributed by atoms with Crippen LogP contribution in [0.3, 0.4) is 0 Å². The number of rotatable bonds is 58. The minimum atomic E-state index is -0.366. The molecule has 0 aliphatic heterocycles. The normalized spacial score (nSPS) is 12.8. The summed E-state index contributed by atoms with van der Waals surface area (Å²) in [5.41, 5.74) is 0. The van der Waals surface area contributed by atoms with E-state index in [1.54, 1.807) is 0 Å². The number of carbonyl (C=O) groups is 8. The van der Waals surface area contributed by atoms with Gasteiger partial charge in [-0.05, 0) is 110 Å². The third-order valence-electron chi connectivity index (χ3n) is 15.2. The zero-order valence-electron chi connectivity index (χ0n) is 54.3. The molecule has 490 valence electrons. The molecule has 0 heterocycles. The summed E-state index contributed by atoms with van der Waals surface area (Å²) in [5, 5.41) is 0. The van der Waals surface area contributed by atoms with Crippen molar-refractivity contribution in [1.82, 2.24) is 14.7 Å². The van der Waals surface area contributed by atoms with Crippen molar-refractivity contribution in [2.75, 3.05) is 112 Å². The van der Waals surface area contributed by atoms with Gasteiger partial charge in [0.05, 0.1) is 102 Å². The highest BCUT2D eigenvalue weighted by atomic mass is 16.6. The number of unbranched alkanes of at least 4 members (excludes halogenated alkanes) is 8. The van der Waals surface area contributed by atoms with Crippen molar-refractivity contribution in [2.24, 2.45) is 23.7 Å². The van der Waals surface area contributed by atoms with E-state index >= 15 is 0 Å². The molecular weight excluding hydrogens is 1080 g/mol. The second-order valence-electron chi connectivity index (χ2n) is 22.4. The molecule has 0 rings (SSSR count). The molecule has 4 atom stereocenters. The average Bonchev–Trinajstić information content (AvgIpc) is 3.50. The van der Waals surface area contributed by atoms with Crippen LogP contribution < -0.4 is 0 Å². The monoisotopic (exact) mass is 1200 g/mol. The minimum Gasteiger partial charge on any atom is -0.466 e. The van der Waals surface area contributed by atoms with Crippen LogP contribution in [-0.4, -0.2) is 175 Å². The first kappa shape index (κ1) is 79.6. The van der Waals surface area contributed by atoms with E-state index < -0.39 is 0 Å². The number of esters is 8. The van der Waals surface area contributed by atoms with Crippen LogP contribution in [0.2, 0.25) is 0 Å². The smallest absolute Gasteiger partial charge is 0.308 e. The van der Waals surface area contributed by atoms with Gasteiger partial charge >= 0.3 is 47.8 Å². The molecule has 0 aromatic rings. The van der Waals surface area contributed by atoms with Crippen molar-refractivity contribution < 1.29 is 76.3 Å². The maximum atomic E-state index is 12.9. The van der Waals surface area contributed by atoms with E-state index in [4.69, 9.17) is 37.9 Å². The summed E-state index contributed by atoms with van der Waals surface area (Å²) >= 11 is 0. The minimum absolute atomic E-state index is 0.0889. The predicted molar refractivity (Wildman–Crippen MR) is 327 cm³/mol. The lowest BCUT2D eigenvalue weighted by Gasteiger charge is -2.27. The van der Waals surface area contributed by atoms with Crippen molar-refractivity contribution >= 4 is 47.8 Å². The molecule has 0 bridgehead atoms. The first-order chi connectivity index (χ1) is 40.6. The van der Waals surface area contributed by atoms with Gasteiger partial charge in [-0.3, -0.25) is 38.4 Å². The Morgan fingerprint density at radius 2 is 0.476 bits per heavy atom. The van der Waals surface area contributed by atoms with E-state index in [1.165, 1.54) is 0 Å². The quantitative estimate of drug-likeness (QED) is 0.0314. The van der Waals surface area contributed by atoms with Gasteiger partial charge in [-0.15, -0.1) is 0 Å². The predicted octanol–water partition coefficient (Wildman–Crippen LogP) is 11.4. The van der Waals surface area contributed by atoms with Crippen LogP contribution in [0.25, 0.3) is 0 Å². The Labute approximate surface area is 508 Å². The number of hydrogen-bond donors (Lipinski definition) is 0. The first-order valence-electron chi connectivity index (χ1n) is 33.0. The molecule has 84 heavy (non-hydrogen) atoms. The van der Waals surface area contributed by atoms with Crippen LogP contribution in [0.15, 0.2) is 0 Å². The molecule has 0 amide bonds.